The molecule has 4 heteroatoms. The minimum absolute atomic E-state index is 0.314. The first-order valence-electron chi connectivity index (χ1n) is 8.51. The lowest BCUT2D eigenvalue weighted by Gasteiger charge is -2.21. The third-order valence-corrected chi connectivity index (χ3v) is 5.16. The summed E-state index contributed by atoms with van der Waals surface area (Å²) in [4.78, 5) is 4.92. The highest BCUT2D eigenvalue weighted by Crippen LogP contribution is 2.23. The van der Waals surface area contributed by atoms with Crippen molar-refractivity contribution in [1.82, 2.24) is 9.80 Å². The van der Waals surface area contributed by atoms with Gasteiger partial charge in [0, 0.05) is 39.4 Å². The minimum Gasteiger partial charge on any atom is -0.396 e. The predicted molar refractivity (Wildman–Crippen MR) is 87.4 cm³/mol. The Morgan fingerprint density at radius 1 is 0.818 bits per heavy atom. The number of likely N-dealkylation sites (tertiary alicyclic amines) is 2. The summed E-state index contributed by atoms with van der Waals surface area (Å²) in [5.74, 6) is 0.909. The van der Waals surface area contributed by atoms with Gasteiger partial charge in [0.05, 0.1) is 0 Å². The normalized spacial score (nSPS) is 26.8. The lowest BCUT2D eigenvalue weighted by Crippen LogP contribution is -2.24. The van der Waals surface area contributed by atoms with Crippen molar-refractivity contribution in [2.75, 3.05) is 39.4 Å². The molecule has 2 N–H and O–H groups in total. The molecular formula is C18H28N2O2. The maximum atomic E-state index is 9.29. The molecule has 0 saturated carbocycles. The van der Waals surface area contributed by atoms with Gasteiger partial charge >= 0.3 is 0 Å². The zero-order chi connectivity index (χ0) is 15.4. The van der Waals surface area contributed by atoms with E-state index in [1.165, 1.54) is 11.1 Å². The highest BCUT2D eigenvalue weighted by Gasteiger charge is 2.24. The molecule has 3 rings (SSSR count). The number of benzene rings is 1. The Balaban J connectivity index is 1.60. The molecule has 122 valence electrons. The van der Waals surface area contributed by atoms with Gasteiger partial charge in [-0.05, 0) is 48.9 Å². The molecule has 1 aromatic carbocycles. The fraction of sp³-hybridized carbons (Fsp3) is 0.667. The largest absolute Gasteiger partial charge is 0.396 e. The quantitative estimate of drug-likeness (QED) is 0.832. The van der Waals surface area contributed by atoms with Crippen LogP contribution in [0.25, 0.3) is 0 Å². The van der Waals surface area contributed by atoms with Gasteiger partial charge in [-0.25, -0.2) is 0 Å². The second kappa shape index (κ2) is 7.55. The fourth-order valence-corrected chi connectivity index (χ4v) is 3.76. The molecule has 0 amide bonds. The smallest absolute Gasteiger partial charge is 0.0471 e. The Kier molecular flexibility index (Phi) is 5.47. The van der Waals surface area contributed by atoms with E-state index in [9.17, 15) is 10.2 Å². The predicted octanol–water partition coefficient (Wildman–Crippen LogP) is 1.31. The Bertz CT molecular complexity index is 437. The van der Waals surface area contributed by atoms with Gasteiger partial charge in [-0.3, -0.25) is 9.80 Å². The third kappa shape index (κ3) is 3.87. The van der Waals surface area contributed by atoms with Crippen LogP contribution in [0.3, 0.4) is 0 Å². The highest BCUT2D eigenvalue weighted by atomic mass is 16.3. The molecular weight excluding hydrogens is 276 g/mol. The van der Waals surface area contributed by atoms with E-state index < -0.39 is 0 Å². The monoisotopic (exact) mass is 304 g/mol. The van der Waals surface area contributed by atoms with Crippen LogP contribution in [0.4, 0.5) is 0 Å². The molecule has 0 aliphatic carbocycles. The van der Waals surface area contributed by atoms with E-state index in [0.29, 0.717) is 25.0 Å². The van der Waals surface area contributed by atoms with Crippen molar-refractivity contribution in [3.63, 3.8) is 0 Å². The summed E-state index contributed by atoms with van der Waals surface area (Å²) in [6, 6.07) is 8.72. The van der Waals surface area contributed by atoms with E-state index in [4.69, 9.17) is 0 Å². The van der Waals surface area contributed by atoms with Gasteiger partial charge in [0.25, 0.3) is 0 Å². The van der Waals surface area contributed by atoms with Gasteiger partial charge in [0.1, 0.15) is 0 Å². The van der Waals surface area contributed by atoms with Crippen LogP contribution in [0.15, 0.2) is 24.3 Å². The Morgan fingerprint density at radius 3 is 1.64 bits per heavy atom. The van der Waals surface area contributed by atoms with E-state index in [2.05, 4.69) is 34.1 Å². The first-order valence-corrected chi connectivity index (χ1v) is 8.51. The van der Waals surface area contributed by atoms with Gasteiger partial charge < -0.3 is 10.2 Å². The summed E-state index contributed by atoms with van der Waals surface area (Å²) in [5.41, 5.74) is 2.82. The van der Waals surface area contributed by atoms with Crippen molar-refractivity contribution in [1.29, 1.82) is 0 Å². The SMILES string of the molecule is OCC1CCN(Cc2ccccc2CN2CCC(CO)C2)C1. The molecule has 0 radical (unpaired) electrons. The van der Waals surface area contributed by atoms with Crippen LogP contribution in [-0.2, 0) is 13.1 Å². The molecule has 2 atom stereocenters. The topological polar surface area (TPSA) is 46.9 Å². The van der Waals surface area contributed by atoms with Gasteiger partial charge in [-0.15, -0.1) is 0 Å². The molecule has 2 unspecified atom stereocenters. The standard InChI is InChI=1S/C18H28N2O2/c21-13-15-5-7-19(9-15)11-17-3-1-2-4-18(17)12-20-8-6-16(10-20)14-22/h1-4,15-16,21-22H,5-14H2. The molecule has 4 nitrogen and oxygen atoms in total. The lowest BCUT2D eigenvalue weighted by molar-refractivity contribution is 0.217. The summed E-state index contributed by atoms with van der Waals surface area (Å²) in [5, 5.41) is 18.6. The number of hydrogen-bond donors (Lipinski definition) is 2. The summed E-state index contributed by atoms with van der Waals surface area (Å²) >= 11 is 0. The van der Waals surface area contributed by atoms with E-state index >= 15 is 0 Å². The second-order valence-corrected chi connectivity index (χ2v) is 6.91. The average Bonchev–Trinajstić information content (AvgIpc) is 3.18. The van der Waals surface area contributed by atoms with Crippen LogP contribution in [0, 0.1) is 11.8 Å². The van der Waals surface area contributed by atoms with Crippen molar-refractivity contribution in [2.24, 2.45) is 11.8 Å². The number of nitrogens with zero attached hydrogens (tertiary/aromatic N) is 2. The van der Waals surface area contributed by atoms with E-state index in [-0.39, 0.29) is 0 Å². The molecule has 2 heterocycles. The van der Waals surface area contributed by atoms with Gasteiger partial charge in [-0.2, -0.15) is 0 Å². The summed E-state index contributed by atoms with van der Waals surface area (Å²) < 4.78 is 0. The molecule has 2 fully saturated rings. The fourth-order valence-electron chi connectivity index (χ4n) is 3.76. The van der Waals surface area contributed by atoms with Crippen molar-refractivity contribution in [3.8, 4) is 0 Å². The van der Waals surface area contributed by atoms with E-state index in [1.54, 1.807) is 0 Å². The molecule has 0 bridgehead atoms. The number of aliphatic hydroxyl groups excluding tert-OH is 2. The van der Waals surface area contributed by atoms with Crippen LogP contribution < -0.4 is 0 Å². The van der Waals surface area contributed by atoms with Crippen molar-refractivity contribution in [3.05, 3.63) is 35.4 Å². The number of rotatable bonds is 6. The van der Waals surface area contributed by atoms with E-state index in [0.717, 1.165) is 52.1 Å². The summed E-state index contributed by atoms with van der Waals surface area (Å²) in [7, 11) is 0. The molecule has 2 aliphatic rings. The molecule has 0 aromatic heterocycles. The van der Waals surface area contributed by atoms with Crippen LogP contribution in [0.2, 0.25) is 0 Å². The van der Waals surface area contributed by atoms with Gasteiger partial charge in [0.15, 0.2) is 0 Å². The van der Waals surface area contributed by atoms with E-state index in [1.807, 2.05) is 0 Å². The maximum absolute atomic E-state index is 9.29. The Hall–Kier alpha value is -0.940. The second-order valence-electron chi connectivity index (χ2n) is 6.91. The van der Waals surface area contributed by atoms with Crippen LogP contribution in [0.1, 0.15) is 24.0 Å². The molecule has 2 saturated heterocycles. The van der Waals surface area contributed by atoms with Crippen molar-refractivity contribution in [2.45, 2.75) is 25.9 Å². The first kappa shape index (κ1) is 15.9. The summed E-state index contributed by atoms with van der Waals surface area (Å²) in [6.45, 7) is 6.82. The molecule has 2 aliphatic heterocycles. The zero-order valence-corrected chi connectivity index (χ0v) is 13.3. The Morgan fingerprint density at radius 2 is 1.27 bits per heavy atom. The number of hydrogen-bond acceptors (Lipinski definition) is 4. The average molecular weight is 304 g/mol. The third-order valence-electron chi connectivity index (χ3n) is 5.16. The number of aliphatic hydroxyl groups is 2. The lowest BCUT2D eigenvalue weighted by atomic mass is 10.1. The van der Waals surface area contributed by atoms with Crippen molar-refractivity contribution >= 4 is 0 Å². The summed E-state index contributed by atoms with van der Waals surface area (Å²) in [6.07, 6.45) is 2.23. The van der Waals surface area contributed by atoms with Crippen LogP contribution in [0.5, 0.6) is 0 Å². The van der Waals surface area contributed by atoms with Crippen LogP contribution in [-0.4, -0.2) is 59.4 Å². The van der Waals surface area contributed by atoms with Crippen LogP contribution >= 0.6 is 0 Å². The molecule has 22 heavy (non-hydrogen) atoms. The van der Waals surface area contributed by atoms with Gasteiger partial charge in [-0.1, -0.05) is 24.3 Å². The highest BCUT2D eigenvalue weighted by molar-refractivity contribution is 5.27. The molecule has 0 spiro atoms. The Labute approximate surface area is 133 Å². The van der Waals surface area contributed by atoms with Gasteiger partial charge in [0.2, 0.25) is 0 Å². The zero-order valence-electron chi connectivity index (χ0n) is 13.3. The minimum atomic E-state index is 0.314. The molecule has 1 aromatic rings. The first-order chi connectivity index (χ1) is 10.8. The van der Waals surface area contributed by atoms with Crippen molar-refractivity contribution < 1.29 is 10.2 Å². The maximum Gasteiger partial charge on any atom is 0.0471 e.